The van der Waals surface area contributed by atoms with Crippen molar-refractivity contribution in [1.29, 1.82) is 0 Å². The molecule has 0 saturated carbocycles. The van der Waals surface area contributed by atoms with Gasteiger partial charge in [0.2, 0.25) is 0 Å². The van der Waals surface area contributed by atoms with Crippen molar-refractivity contribution in [3.63, 3.8) is 0 Å². The number of anilines is 1. The molecule has 2 aromatic rings. The number of hydrogen-bond acceptors (Lipinski definition) is 6. The summed E-state index contributed by atoms with van der Waals surface area (Å²) in [6.07, 6.45) is 3.58. The molecule has 2 N–H and O–H groups in total. The van der Waals surface area contributed by atoms with Gasteiger partial charge in [0.05, 0.1) is 23.4 Å². The van der Waals surface area contributed by atoms with Crippen LogP contribution in [0.5, 0.6) is 0 Å². The highest BCUT2D eigenvalue weighted by atomic mass is 16.3. The normalized spacial score (nSPS) is 13.8. The largest absolute Gasteiger partial charge is 0.384 e. The Balaban J connectivity index is 2.03. The van der Waals surface area contributed by atoms with E-state index in [4.69, 9.17) is 4.98 Å². The summed E-state index contributed by atoms with van der Waals surface area (Å²) in [5.41, 5.74) is 3.44. The quantitative estimate of drug-likeness (QED) is 0.904. The fourth-order valence-corrected chi connectivity index (χ4v) is 2.65. The van der Waals surface area contributed by atoms with Crippen molar-refractivity contribution >= 4 is 17.8 Å². The Morgan fingerprint density at radius 3 is 2.75 bits per heavy atom. The zero-order chi connectivity index (χ0) is 17.3. The zero-order valence-corrected chi connectivity index (χ0v) is 14.5. The lowest BCUT2D eigenvalue weighted by Crippen LogP contribution is -2.20. The maximum Gasteiger partial charge on any atom is 0.133 e. The summed E-state index contributed by atoms with van der Waals surface area (Å²) in [6.45, 7) is 7.08. The second-order valence-corrected chi connectivity index (χ2v) is 6.53. The molecule has 126 valence electrons. The molecule has 0 bridgehead atoms. The molecule has 24 heavy (non-hydrogen) atoms. The molecule has 0 aromatic carbocycles. The highest BCUT2D eigenvalue weighted by Gasteiger charge is 2.19. The van der Waals surface area contributed by atoms with Crippen LogP contribution in [0.2, 0.25) is 0 Å². The van der Waals surface area contributed by atoms with Gasteiger partial charge in [-0.05, 0) is 39.0 Å². The number of aliphatic imine (C=N–C) groups is 1. The van der Waals surface area contributed by atoms with Crippen LogP contribution >= 0.6 is 0 Å². The summed E-state index contributed by atoms with van der Waals surface area (Å²) in [7, 11) is 2.00. The molecule has 1 aliphatic rings. The van der Waals surface area contributed by atoms with Gasteiger partial charge in [0.25, 0.3) is 0 Å². The first-order valence-corrected chi connectivity index (χ1v) is 8.10. The van der Waals surface area contributed by atoms with Crippen LogP contribution in [-0.2, 0) is 12.1 Å². The van der Waals surface area contributed by atoms with Crippen LogP contribution in [0.25, 0.3) is 11.3 Å². The molecule has 6 heteroatoms. The standard InChI is InChI=1S/C18H23N5O/c1-5-19-17-13-10-23(4)11-21-15(13)8-14(22-17)12-6-7-16(20-9-12)18(2,3)24/h6-9,11,24H,5,10H2,1-4H3,(H,19,22). The molecule has 0 spiro atoms. The lowest BCUT2D eigenvalue weighted by atomic mass is 10.0. The van der Waals surface area contributed by atoms with Gasteiger partial charge < -0.3 is 15.3 Å². The highest BCUT2D eigenvalue weighted by molar-refractivity contribution is 5.75. The van der Waals surface area contributed by atoms with Gasteiger partial charge >= 0.3 is 0 Å². The zero-order valence-electron chi connectivity index (χ0n) is 14.5. The predicted molar refractivity (Wildman–Crippen MR) is 96.5 cm³/mol. The van der Waals surface area contributed by atoms with Gasteiger partial charge in [0.1, 0.15) is 11.4 Å². The predicted octanol–water partition coefficient (Wildman–Crippen LogP) is 2.91. The Morgan fingerprint density at radius 1 is 1.33 bits per heavy atom. The number of pyridine rings is 2. The van der Waals surface area contributed by atoms with E-state index in [1.54, 1.807) is 20.0 Å². The summed E-state index contributed by atoms with van der Waals surface area (Å²) in [6, 6.07) is 5.75. The molecule has 0 radical (unpaired) electrons. The molecule has 1 aliphatic heterocycles. The first kappa shape index (κ1) is 16.4. The van der Waals surface area contributed by atoms with E-state index in [-0.39, 0.29) is 0 Å². The topological polar surface area (TPSA) is 73.6 Å². The SMILES string of the molecule is CCNc1nc(-c2ccc(C(C)(C)O)nc2)cc2c1CN(C)C=N2. The summed E-state index contributed by atoms with van der Waals surface area (Å²) >= 11 is 0. The molecule has 3 heterocycles. The van der Waals surface area contributed by atoms with Crippen molar-refractivity contribution in [3.8, 4) is 11.3 Å². The first-order chi connectivity index (χ1) is 11.4. The van der Waals surface area contributed by atoms with Crippen molar-refractivity contribution in [2.75, 3.05) is 18.9 Å². The van der Waals surface area contributed by atoms with Gasteiger partial charge in [-0.3, -0.25) is 4.98 Å². The summed E-state index contributed by atoms with van der Waals surface area (Å²) in [5, 5.41) is 13.4. The van der Waals surface area contributed by atoms with Gasteiger partial charge in [-0.15, -0.1) is 0 Å². The van der Waals surface area contributed by atoms with E-state index in [9.17, 15) is 5.11 Å². The molecule has 3 rings (SSSR count). The minimum atomic E-state index is -0.953. The number of aliphatic hydroxyl groups is 1. The molecule has 0 fully saturated rings. The molecule has 0 aliphatic carbocycles. The maximum absolute atomic E-state index is 10.0. The van der Waals surface area contributed by atoms with Gasteiger partial charge in [-0.1, -0.05) is 0 Å². The van der Waals surface area contributed by atoms with Crippen LogP contribution in [0.1, 0.15) is 32.0 Å². The van der Waals surface area contributed by atoms with Crippen LogP contribution in [0, 0.1) is 0 Å². The monoisotopic (exact) mass is 325 g/mol. The van der Waals surface area contributed by atoms with E-state index in [0.29, 0.717) is 5.69 Å². The summed E-state index contributed by atoms with van der Waals surface area (Å²) < 4.78 is 0. The van der Waals surface area contributed by atoms with Crippen molar-refractivity contribution in [2.24, 2.45) is 4.99 Å². The van der Waals surface area contributed by atoms with E-state index in [2.05, 4.69) is 22.2 Å². The summed E-state index contributed by atoms with van der Waals surface area (Å²) in [5.74, 6) is 0.861. The van der Waals surface area contributed by atoms with Crippen molar-refractivity contribution in [2.45, 2.75) is 32.9 Å². The van der Waals surface area contributed by atoms with Crippen molar-refractivity contribution in [1.82, 2.24) is 14.9 Å². The molecule has 0 amide bonds. The summed E-state index contributed by atoms with van der Waals surface area (Å²) in [4.78, 5) is 15.7. The molecular weight excluding hydrogens is 302 g/mol. The Labute approximate surface area is 142 Å². The Hall–Kier alpha value is -2.47. The lowest BCUT2D eigenvalue weighted by molar-refractivity contribution is 0.0739. The Bertz CT molecular complexity index is 762. The van der Waals surface area contributed by atoms with Crippen LogP contribution in [0.4, 0.5) is 11.5 Å². The van der Waals surface area contributed by atoms with Crippen LogP contribution in [-0.4, -0.2) is 39.9 Å². The molecular formula is C18H23N5O. The minimum absolute atomic E-state index is 0.635. The molecule has 0 atom stereocenters. The highest BCUT2D eigenvalue weighted by Crippen LogP contribution is 2.33. The Morgan fingerprint density at radius 2 is 2.12 bits per heavy atom. The van der Waals surface area contributed by atoms with E-state index in [0.717, 1.165) is 41.4 Å². The van der Waals surface area contributed by atoms with Crippen LogP contribution in [0.15, 0.2) is 29.4 Å². The van der Waals surface area contributed by atoms with E-state index >= 15 is 0 Å². The van der Waals surface area contributed by atoms with Crippen LogP contribution in [0.3, 0.4) is 0 Å². The second-order valence-electron chi connectivity index (χ2n) is 6.53. The fraction of sp³-hybridized carbons (Fsp3) is 0.389. The van der Waals surface area contributed by atoms with E-state index in [1.807, 2.05) is 36.5 Å². The van der Waals surface area contributed by atoms with Gasteiger partial charge in [0.15, 0.2) is 0 Å². The molecule has 6 nitrogen and oxygen atoms in total. The molecule has 0 saturated heterocycles. The number of fused-ring (bicyclic) bond motifs is 1. The number of nitrogens with zero attached hydrogens (tertiary/aromatic N) is 4. The van der Waals surface area contributed by atoms with Gasteiger partial charge in [0, 0.05) is 37.5 Å². The lowest BCUT2D eigenvalue weighted by Gasteiger charge is -2.23. The average molecular weight is 325 g/mol. The number of nitrogens with one attached hydrogen (secondary N) is 1. The van der Waals surface area contributed by atoms with Crippen molar-refractivity contribution in [3.05, 3.63) is 35.7 Å². The third kappa shape index (κ3) is 3.23. The molecule has 0 unspecified atom stereocenters. The number of aromatic nitrogens is 2. The average Bonchev–Trinajstić information content (AvgIpc) is 2.54. The van der Waals surface area contributed by atoms with Gasteiger partial charge in [-0.2, -0.15) is 0 Å². The Kier molecular flexibility index (Phi) is 4.24. The minimum Gasteiger partial charge on any atom is -0.384 e. The first-order valence-electron chi connectivity index (χ1n) is 8.10. The van der Waals surface area contributed by atoms with Crippen molar-refractivity contribution < 1.29 is 5.11 Å². The van der Waals surface area contributed by atoms with Gasteiger partial charge in [-0.25, -0.2) is 9.98 Å². The smallest absolute Gasteiger partial charge is 0.133 e. The number of hydrogen-bond donors (Lipinski definition) is 2. The van der Waals surface area contributed by atoms with E-state index < -0.39 is 5.60 Å². The third-order valence-electron chi connectivity index (χ3n) is 3.93. The number of rotatable bonds is 4. The third-order valence-corrected chi connectivity index (χ3v) is 3.93. The fourth-order valence-electron chi connectivity index (χ4n) is 2.65. The second kappa shape index (κ2) is 6.20. The molecule has 2 aromatic heterocycles. The van der Waals surface area contributed by atoms with E-state index in [1.165, 1.54) is 0 Å². The van der Waals surface area contributed by atoms with Crippen LogP contribution < -0.4 is 5.32 Å². The maximum atomic E-state index is 10.0.